The molecule has 2 N–H and O–H groups in total. The lowest BCUT2D eigenvalue weighted by atomic mass is 10.2. The first-order valence-corrected chi connectivity index (χ1v) is 7.64. The van der Waals surface area contributed by atoms with Gasteiger partial charge in [0.1, 0.15) is 0 Å². The van der Waals surface area contributed by atoms with Gasteiger partial charge in [-0.3, -0.25) is 0 Å². The smallest absolute Gasteiger partial charge is 0.247 e. The van der Waals surface area contributed by atoms with Crippen LogP contribution in [-0.2, 0) is 5.75 Å². The van der Waals surface area contributed by atoms with Crippen molar-refractivity contribution in [1.82, 2.24) is 10.2 Å². The van der Waals surface area contributed by atoms with Crippen molar-refractivity contribution in [3.05, 3.63) is 35.2 Å². The lowest BCUT2D eigenvalue weighted by Gasteiger charge is -2.05. The van der Waals surface area contributed by atoms with E-state index in [0.29, 0.717) is 22.6 Å². The average molecular weight is 298 g/mol. The molecule has 1 aromatic heterocycles. The maximum absolute atomic E-state index is 5.85. The minimum atomic E-state index is 0.226. The average Bonchev–Trinajstić information content (AvgIpc) is 2.88. The van der Waals surface area contributed by atoms with E-state index >= 15 is 0 Å². The zero-order valence-corrected chi connectivity index (χ0v) is 12.2. The Morgan fingerprint density at radius 1 is 1.32 bits per heavy atom. The van der Waals surface area contributed by atoms with Gasteiger partial charge in [-0.2, -0.15) is 11.8 Å². The molecular weight excluding hydrogens is 282 g/mol. The molecule has 102 valence electrons. The second-order valence-electron chi connectivity index (χ2n) is 4.19. The highest BCUT2D eigenvalue weighted by Crippen LogP contribution is 2.21. The third-order valence-corrected chi connectivity index (χ3v) is 4.01. The van der Waals surface area contributed by atoms with Crippen LogP contribution in [0.3, 0.4) is 0 Å². The Morgan fingerprint density at radius 3 is 2.74 bits per heavy atom. The molecule has 0 amide bonds. The van der Waals surface area contributed by atoms with E-state index in [2.05, 4.69) is 17.1 Å². The number of thioether (sulfide) groups is 1. The molecule has 2 aromatic rings. The number of halogens is 1. The molecular formula is C13H16ClN3OS. The van der Waals surface area contributed by atoms with E-state index in [1.165, 1.54) is 0 Å². The van der Waals surface area contributed by atoms with Crippen molar-refractivity contribution in [3.8, 4) is 11.5 Å². The van der Waals surface area contributed by atoms with Crippen LogP contribution in [0.1, 0.15) is 19.2 Å². The zero-order valence-electron chi connectivity index (χ0n) is 10.7. The molecule has 4 nitrogen and oxygen atoms in total. The van der Waals surface area contributed by atoms with E-state index in [1.54, 1.807) is 23.9 Å². The SMILES string of the molecule is CCC(N)CSCc1nnc(-c2ccc(Cl)cc2)o1. The van der Waals surface area contributed by atoms with Crippen molar-refractivity contribution >= 4 is 23.4 Å². The monoisotopic (exact) mass is 297 g/mol. The van der Waals surface area contributed by atoms with Crippen LogP contribution in [0.4, 0.5) is 0 Å². The number of benzene rings is 1. The molecule has 0 spiro atoms. The van der Waals surface area contributed by atoms with E-state index in [4.69, 9.17) is 21.8 Å². The Morgan fingerprint density at radius 2 is 2.05 bits per heavy atom. The third kappa shape index (κ3) is 4.23. The van der Waals surface area contributed by atoms with Crippen molar-refractivity contribution in [2.24, 2.45) is 5.73 Å². The molecule has 2 rings (SSSR count). The number of nitrogens with zero attached hydrogens (tertiary/aromatic N) is 2. The molecule has 0 bridgehead atoms. The normalized spacial score (nSPS) is 12.6. The molecule has 0 radical (unpaired) electrons. The quantitative estimate of drug-likeness (QED) is 0.885. The van der Waals surface area contributed by atoms with Gasteiger partial charge in [0, 0.05) is 22.4 Å². The molecule has 0 aliphatic carbocycles. The Labute approximate surface area is 121 Å². The molecule has 6 heteroatoms. The standard InChI is InChI=1S/C13H16ClN3OS/c1-2-11(15)7-19-8-12-16-17-13(18-12)9-3-5-10(14)6-4-9/h3-6,11H,2,7-8,15H2,1H3. The molecule has 1 atom stereocenters. The van der Waals surface area contributed by atoms with Crippen LogP contribution < -0.4 is 5.73 Å². The van der Waals surface area contributed by atoms with Crippen molar-refractivity contribution in [1.29, 1.82) is 0 Å². The first-order chi connectivity index (χ1) is 9.19. The summed E-state index contributed by atoms with van der Waals surface area (Å²) in [5, 5.41) is 8.74. The lowest BCUT2D eigenvalue weighted by Crippen LogP contribution is -2.21. The molecule has 0 saturated carbocycles. The van der Waals surface area contributed by atoms with Crippen molar-refractivity contribution in [2.75, 3.05) is 5.75 Å². The van der Waals surface area contributed by atoms with Crippen LogP contribution >= 0.6 is 23.4 Å². The maximum atomic E-state index is 5.85. The summed E-state index contributed by atoms with van der Waals surface area (Å²) in [7, 11) is 0. The summed E-state index contributed by atoms with van der Waals surface area (Å²) in [5.41, 5.74) is 6.72. The highest BCUT2D eigenvalue weighted by molar-refractivity contribution is 7.98. The Balaban J connectivity index is 1.93. The minimum Gasteiger partial charge on any atom is -0.420 e. The van der Waals surface area contributed by atoms with Gasteiger partial charge in [-0.25, -0.2) is 0 Å². The largest absolute Gasteiger partial charge is 0.420 e. The Kier molecular flexibility index (Phi) is 5.24. The number of nitrogens with two attached hydrogens (primary N) is 1. The van der Waals surface area contributed by atoms with E-state index in [0.717, 1.165) is 17.7 Å². The topological polar surface area (TPSA) is 64.9 Å². The molecule has 0 aliphatic rings. The van der Waals surface area contributed by atoms with Gasteiger partial charge in [0.2, 0.25) is 11.8 Å². The van der Waals surface area contributed by atoms with Gasteiger partial charge >= 0.3 is 0 Å². The zero-order chi connectivity index (χ0) is 13.7. The Bertz CT molecular complexity index is 515. The van der Waals surface area contributed by atoms with E-state index in [9.17, 15) is 0 Å². The van der Waals surface area contributed by atoms with Crippen molar-refractivity contribution < 1.29 is 4.42 Å². The molecule has 19 heavy (non-hydrogen) atoms. The van der Waals surface area contributed by atoms with Crippen LogP contribution in [0.25, 0.3) is 11.5 Å². The van der Waals surface area contributed by atoms with E-state index in [-0.39, 0.29) is 6.04 Å². The summed E-state index contributed by atoms with van der Waals surface area (Å²) in [6.45, 7) is 2.08. The molecule has 1 aromatic carbocycles. The fourth-order valence-corrected chi connectivity index (χ4v) is 2.51. The lowest BCUT2D eigenvalue weighted by molar-refractivity contribution is 0.528. The van der Waals surface area contributed by atoms with Crippen LogP contribution in [0.2, 0.25) is 5.02 Å². The van der Waals surface area contributed by atoms with Crippen LogP contribution in [0.5, 0.6) is 0 Å². The maximum Gasteiger partial charge on any atom is 0.247 e. The number of aromatic nitrogens is 2. The summed E-state index contributed by atoms with van der Waals surface area (Å²) in [5.74, 6) is 2.73. The second-order valence-corrected chi connectivity index (χ2v) is 5.66. The van der Waals surface area contributed by atoms with Crippen LogP contribution in [0, 0.1) is 0 Å². The number of hydrogen-bond acceptors (Lipinski definition) is 5. The van der Waals surface area contributed by atoms with Crippen LogP contribution in [0.15, 0.2) is 28.7 Å². The second kappa shape index (κ2) is 6.93. The summed E-state index contributed by atoms with van der Waals surface area (Å²) in [6, 6.07) is 7.55. The van der Waals surface area contributed by atoms with Gasteiger partial charge in [-0.05, 0) is 30.7 Å². The van der Waals surface area contributed by atoms with Crippen LogP contribution in [-0.4, -0.2) is 22.0 Å². The van der Waals surface area contributed by atoms with Crippen molar-refractivity contribution in [2.45, 2.75) is 25.1 Å². The van der Waals surface area contributed by atoms with Gasteiger partial charge in [0.05, 0.1) is 5.75 Å². The van der Waals surface area contributed by atoms with Gasteiger partial charge in [0.15, 0.2) is 0 Å². The molecule has 1 unspecified atom stereocenters. The number of hydrogen-bond donors (Lipinski definition) is 1. The predicted octanol–water partition coefficient (Wildman–Crippen LogP) is 3.36. The summed E-state index contributed by atoms with van der Waals surface area (Å²) in [4.78, 5) is 0. The van der Waals surface area contributed by atoms with Gasteiger partial charge < -0.3 is 10.2 Å². The van der Waals surface area contributed by atoms with Crippen molar-refractivity contribution in [3.63, 3.8) is 0 Å². The predicted molar refractivity (Wildman–Crippen MR) is 79.2 cm³/mol. The van der Waals surface area contributed by atoms with Gasteiger partial charge in [-0.1, -0.05) is 18.5 Å². The summed E-state index contributed by atoms with van der Waals surface area (Å²) >= 11 is 7.54. The Hall–Kier alpha value is -1.04. The minimum absolute atomic E-state index is 0.226. The molecule has 0 saturated heterocycles. The fraction of sp³-hybridized carbons (Fsp3) is 0.385. The summed E-state index contributed by atoms with van der Waals surface area (Å²) in [6.07, 6.45) is 0.979. The van der Waals surface area contributed by atoms with E-state index in [1.807, 2.05) is 12.1 Å². The first-order valence-electron chi connectivity index (χ1n) is 6.10. The fourth-order valence-electron chi connectivity index (χ4n) is 1.44. The van der Waals surface area contributed by atoms with Gasteiger partial charge in [0.25, 0.3) is 0 Å². The summed E-state index contributed by atoms with van der Waals surface area (Å²) < 4.78 is 5.60. The highest BCUT2D eigenvalue weighted by Gasteiger charge is 2.09. The van der Waals surface area contributed by atoms with E-state index < -0.39 is 0 Å². The number of rotatable bonds is 6. The highest BCUT2D eigenvalue weighted by atomic mass is 35.5. The van der Waals surface area contributed by atoms with Gasteiger partial charge in [-0.15, -0.1) is 10.2 Å². The molecule has 0 fully saturated rings. The molecule has 1 heterocycles. The molecule has 0 aliphatic heterocycles. The first kappa shape index (κ1) is 14.4. The third-order valence-electron chi connectivity index (χ3n) is 2.64.